The summed E-state index contributed by atoms with van der Waals surface area (Å²) < 4.78 is 11.4. The predicted molar refractivity (Wildman–Crippen MR) is 74.4 cm³/mol. The van der Waals surface area contributed by atoms with Crippen molar-refractivity contribution in [3.05, 3.63) is 23.7 Å². The molecule has 1 aromatic rings. The van der Waals surface area contributed by atoms with E-state index in [4.69, 9.17) is 9.15 Å². The summed E-state index contributed by atoms with van der Waals surface area (Å²) in [6.45, 7) is 13.2. The van der Waals surface area contributed by atoms with Gasteiger partial charge in [0.25, 0.3) is 0 Å². The van der Waals surface area contributed by atoms with Crippen molar-refractivity contribution in [2.45, 2.75) is 59.8 Å². The van der Waals surface area contributed by atoms with E-state index in [0.29, 0.717) is 12.5 Å². The second kappa shape index (κ2) is 6.95. The van der Waals surface area contributed by atoms with Gasteiger partial charge in [0.15, 0.2) is 0 Å². The maximum absolute atomic E-state index is 5.87. The van der Waals surface area contributed by atoms with E-state index in [0.717, 1.165) is 25.3 Å². The van der Waals surface area contributed by atoms with Gasteiger partial charge in [-0.1, -0.05) is 20.8 Å². The van der Waals surface area contributed by atoms with Gasteiger partial charge in [-0.15, -0.1) is 0 Å². The van der Waals surface area contributed by atoms with Gasteiger partial charge >= 0.3 is 0 Å². The Kier molecular flexibility index (Phi) is 5.89. The number of rotatable bonds is 8. The minimum atomic E-state index is -0.0879. The van der Waals surface area contributed by atoms with Crippen LogP contribution in [0.5, 0.6) is 0 Å². The molecule has 0 fully saturated rings. The zero-order valence-electron chi connectivity index (χ0n) is 12.4. The average molecular weight is 253 g/mol. The normalized spacial score (nSPS) is 12.3. The summed E-state index contributed by atoms with van der Waals surface area (Å²) in [6.07, 6.45) is 2.73. The van der Waals surface area contributed by atoms with E-state index in [1.54, 1.807) is 6.26 Å². The van der Waals surface area contributed by atoms with Gasteiger partial charge < -0.3 is 14.5 Å². The van der Waals surface area contributed by atoms with Crippen LogP contribution in [0.3, 0.4) is 0 Å². The minimum Gasteiger partial charge on any atom is -0.467 e. The van der Waals surface area contributed by atoms with E-state index in [1.165, 1.54) is 5.56 Å². The molecule has 18 heavy (non-hydrogen) atoms. The standard InChI is InChI=1S/C15H27NO2/c1-6-15(4,5)18-11-14-13(7-8-17-14)10-16-9-12(2)3/h7-8,12,16H,6,9-11H2,1-5H3. The number of ether oxygens (including phenoxy) is 1. The van der Waals surface area contributed by atoms with Crippen LogP contribution in [0.25, 0.3) is 0 Å². The summed E-state index contributed by atoms with van der Waals surface area (Å²) in [5, 5.41) is 3.42. The molecule has 0 radical (unpaired) electrons. The molecule has 104 valence electrons. The zero-order chi connectivity index (χ0) is 13.6. The molecule has 0 saturated heterocycles. The topological polar surface area (TPSA) is 34.4 Å². The molecule has 0 saturated carbocycles. The van der Waals surface area contributed by atoms with Gasteiger partial charge in [-0.2, -0.15) is 0 Å². The van der Waals surface area contributed by atoms with Crippen LogP contribution >= 0.6 is 0 Å². The Morgan fingerprint density at radius 3 is 2.72 bits per heavy atom. The summed E-state index contributed by atoms with van der Waals surface area (Å²) in [5.41, 5.74) is 1.11. The van der Waals surface area contributed by atoms with E-state index in [-0.39, 0.29) is 5.60 Å². The van der Waals surface area contributed by atoms with Crippen LogP contribution in [0, 0.1) is 5.92 Å². The molecule has 0 bridgehead atoms. The Morgan fingerprint density at radius 2 is 2.11 bits per heavy atom. The van der Waals surface area contributed by atoms with Crippen molar-refractivity contribution in [1.82, 2.24) is 5.32 Å². The third-order valence-electron chi connectivity index (χ3n) is 3.15. The lowest BCUT2D eigenvalue weighted by Crippen LogP contribution is -2.23. The lowest BCUT2D eigenvalue weighted by molar-refractivity contribution is -0.0387. The van der Waals surface area contributed by atoms with Crippen LogP contribution in [-0.2, 0) is 17.9 Å². The van der Waals surface area contributed by atoms with Crippen molar-refractivity contribution in [3.8, 4) is 0 Å². The van der Waals surface area contributed by atoms with Crippen LogP contribution in [0.15, 0.2) is 16.7 Å². The first-order valence-corrected chi connectivity index (χ1v) is 6.84. The fourth-order valence-electron chi connectivity index (χ4n) is 1.51. The van der Waals surface area contributed by atoms with Gasteiger partial charge in [0.2, 0.25) is 0 Å². The molecule has 1 heterocycles. The molecule has 1 aromatic heterocycles. The Balaban J connectivity index is 2.44. The molecule has 0 aliphatic heterocycles. The van der Waals surface area contributed by atoms with Crippen molar-refractivity contribution in [1.29, 1.82) is 0 Å². The van der Waals surface area contributed by atoms with E-state index >= 15 is 0 Å². The van der Waals surface area contributed by atoms with Crippen molar-refractivity contribution in [3.63, 3.8) is 0 Å². The van der Waals surface area contributed by atoms with Crippen LogP contribution < -0.4 is 5.32 Å². The first kappa shape index (κ1) is 15.3. The van der Waals surface area contributed by atoms with Gasteiger partial charge in [0, 0.05) is 12.1 Å². The molecule has 0 aromatic carbocycles. The molecule has 0 aliphatic carbocycles. The van der Waals surface area contributed by atoms with Gasteiger partial charge in [0.1, 0.15) is 12.4 Å². The lowest BCUT2D eigenvalue weighted by atomic mass is 10.1. The lowest BCUT2D eigenvalue weighted by Gasteiger charge is -2.23. The molecule has 0 spiro atoms. The van der Waals surface area contributed by atoms with Crippen LogP contribution in [0.1, 0.15) is 52.4 Å². The smallest absolute Gasteiger partial charge is 0.133 e. The molecule has 1 N–H and O–H groups in total. The highest BCUT2D eigenvalue weighted by Gasteiger charge is 2.17. The maximum Gasteiger partial charge on any atom is 0.133 e. The molecule has 3 heteroatoms. The summed E-state index contributed by atoms with van der Waals surface area (Å²) in [7, 11) is 0. The molecule has 1 rings (SSSR count). The van der Waals surface area contributed by atoms with E-state index in [1.807, 2.05) is 6.07 Å². The largest absolute Gasteiger partial charge is 0.467 e. The zero-order valence-corrected chi connectivity index (χ0v) is 12.4. The van der Waals surface area contributed by atoms with Gasteiger partial charge in [-0.25, -0.2) is 0 Å². The van der Waals surface area contributed by atoms with Crippen LogP contribution in [0.2, 0.25) is 0 Å². The quantitative estimate of drug-likeness (QED) is 0.766. The van der Waals surface area contributed by atoms with Crippen molar-refractivity contribution >= 4 is 0 Å². The minimum absolute atomic E-state index is 0.0879. The monoisotopic (exact) mass is 253 g/mol. The second-order valence-corrected chi connectivity index (χ2v) is 5.80. The predicted octanol–water partition coefficient (Wildman–Crippen LogP) is 3.73. The van der Waals surface area contributed by atoms with Crippen LogP contribution in [0.4, 0.5) is 0 Å². The molecule has 0 atom stereocenters. The summed E-state index contributed by atoms with van der Waals surface area (Å²) in [4.78, 5) is 0. The average Bonchev–Trinajstić information content (AvgIpc) is 2.74. The van der Waals surface area contributed by atoms with E-state index < -0.39 is 0 Å². The molecular formula is C15H27NO2. The first-order chi connectivity index (χ1) is 8.44. The molecule has 0 amide bonds. The molecule has 0 aliphatic rings. The Morgan fingerprint density at radius 1 is 1.39 bits per heavy atom. The van der Waals surface area contributed by atoms with E-state index in [9.17, 15) is 0 Å². The fourth-order valence-corrected chi connectivity index (χ4v) is 1.51. The first-order valence-electron chi connectivity index (χ1n) is 6.84. The number of hydrogen-bond acceptors (Lipinski definition) is 3. The third-order valence-corrected chi connectivity index (χ3v) is 3.15. The molecule has 3 nitrogen and oxygen atoms in total. The van der Waals surface area contributed by atoms with E-state index in [2.05, 4.69) is 39.9 Å². The highest BCUT2D eigenvalue weighted by molar-refractivity contribution is 5.16. The fraction of sp³-hybridized carbons (Fsp3) is 0.733. The Labute approximate surface area is 111 Å². The van der Waals surface area contributed by atoms with Gasteiger partial charge in [-0.3, -0.25) is 0 Å². The summed E-state index contributed by atoms with van der Waals surface area (Å²) in [5.74, 6) is 1.60. The third kappa shape index (κ3) is 5.23. The summed E-state index contributed by atoms with van der Waals surface area (Å²) in [6, 6.07) is 2.02. The maximum atomic E-state index is 5.87. The highest BCUT2D eigenvalue weighted by atomic mass is 16.5. The van der Waals surface area contributed by atoms with Crippen molar-refractivity contribution < 1.29 is 9.15 Å². The number of furan rings is 1. The van der Waals surface area contributed by atoms with Crippen molar-refractivity contribution in [2.24, 2.45) is 5.92 Å². The molecular weight excluding hydrogens is 226 g/mol. The SMILES string of the molecule is CCC(C)(C)OCc1occc1CNCC(C)C. The van der Waals surface area contributed by atoms with Crippen LogP contribution in [-0.4, -0.2) is 12.1 Å². The number of hydrogen-bond donors (Lipinski definition) is 1. The number of nitrogens with one attached hydrogen (secondary N) is 1. The van der Waals surface area contributed by atoms with Gasteiger partial charge in [0.05, 0.1) is 11.9 Å². The highest BCUT2D eigenvalue weighted by Crippen LogP contribution is 2.19. The molecule has 0 unspecified atom stereocenters. The summed E-state index contributed by atoms with van der Waals surface area (Å²) >= 11 is 0. The Bertz CT molecular complexity index is 342. The second-order valence-electron chi connectivity index (χ2n) is 5.80. The Hall–Kier alpha value is -0.800. The van der Waals surface area contributed by atoms with Crippen molar-refractivity contribution in [2.75, 3.05) is 6.54 Å². The van der Waals surface area contributed by atoms with Gasteiger partial charge in [-0.05, 0) is 38.8 Å².